The van der Waals surface area contributed by atoms with Crippen molar-refractivity contribution in [1.82, 2.24) is 5.32 Å². The van der Waals surface area contributed by atoms with Gasteiger partial charge in [0.2, 0.25) is 0 Å². The number of ether oxygens (including phenoxy) is 2. The van der Waals surface area contributed by atoms with E-state index in [1.807, 2.05) is 78.8 Å². The molecule has 5 atom stereocenters. The minimum Gasteiger partial charge on any atom is -0.482 e. The molecule has 1 aliphatic carbocycles. The number of benzene rings is 2. The predicted octanol–water partition coefficient (Wildman–Crippen LogP) is 7.53. The van der Waals surface area contributed by atoms with Gasteiger partial charge >= 0.3 is 5.97 Å². The first-order valence-electron chi connectivity index (χ1n) is 22.7. The number of allylic oxidation sites excluding steroid dienone is 7. The number of ketones is 1. The highest BCUT2D eigenvalue weighted by Crippen LogP contribution is 2.50. The molecule has 0 saturated heterocycles. The summed E-state index contributed by atoms with van der Waals surface area (Å²) in [6.07, 6.45) is 12.7. The zero-order chi connectivity index (χ0) is 48.6. The van der Waals surface area contributed by atoms with E-state index in [0.717, 1.165) is 39.5 Å². The molecule has 0 saturated carbocycles. The summed E-state index contributed by atoms with van der Waals surface area (Å²) < 4.78 is 80.8. The number of rotatable bonds is 18. The van der Waals surface area contributed by atoms with Crippen molar-refractivity contribution in [3.8, 4) is 0 Å². The Labute approximate surface area is 389 Å². The largest absolute Gasteiger partial charge is 0.482 e. The summed E-state index contributed by atoms with van der Waals surface area (Å²) in [7, 11) is -8.91. The first-order chi connectivity index (χ1) is 30.8. The van der Waals surface area contributed by atoms with Crippen molar-refractivity contribution in [1.29, 1.82) is 0 Å². The molecule has 0 spiro atoms. The lowest BCUT2D eigenvalue weighted by Gasteiger charge is -2.43. The first-order valence-corrected chi connectivity index (χ1v) is 25.6. The van der Waals surface area contributed by atoms with Crippen LogP contribution >= 0.6 is 0 Å². The Morgan fingerprint density at radius 3 is 2.15 bits per heavy atom. The minimum absolute atomic E-state index is 0.0762. The van der Waals surface area contributed by atoms with E-state index in [-0.39, 0.29) is 71.5 Å². The summed E-state index contributed by atoms with van der Waals surface area (Å²) in [4.78, 5) is 41.1. The van der Waals surface area contributed by atoms with E-state index in [0.29, 0.717) is 45.2 Å². The number of carbonyl (C=O) groups is 3. The van der Waals surface area contributed by atoms with E-state index in [4.69, 9.17) is 14.6 Å². The number of hydrogen-bond donors (Lipinski definition) is 4. The van der Waals surface area contributed by atoms with Crippen LogP contribution in [0.4, 0.5) is 11.4 Å². The second kappa shape index (κ2) is 19.4. The van der Waals surface area contributed by atoms with Gasteiger partial charge < -0.3 is 29.7 Å². The van der Waals surface area contributed by atoms with Gasteiger partial charge in [-0.25, -0.2) is 0 Å². The van der Waals surface area contributed by atoms with Crippen LogP contribution in [0.25, 0.3) is 0 Å². The summed E-state index contributed by atoms with van der Waals surface area (Å²) in [5, 5.41) is 12.1. The molecule has 2 aromatic carbocycles. The van der Waals surface area contributed by atoms with Gasteiger partial charge in [0.1, 0.15) is 11.5 Å². The number of carboxylic acids is 1. The topological polar surface area (TPSA) is 217 Å². The maximum atomic E-state index is 13.5. The second-order valence-electron chi connectivity index (χ2n) is 19.3. The summed E-state index contributed by atoms with van der Waals surface area (Å²) >= 11 is 0. The van der Waals surface area contributed by atoms with Gasteiger partial charge in [-0.15, -0.1) is 0 Å². The quantitative estimate of drug-likeness (QED) is 0.0646. The number of hydrogen-bond acceptors (Lipinski definition) is 11. The first kappa shape index (κ1) is 50.6. The van der Waals surface area contributed by atoms with Gasteiger partial charge in [0.25, 0.3) is 26.1 Å². The fourth-order valence-electron chi connectivity index (χ4n) is 9.96. The summed E-state index contributed by atoms with van der Waals surface area (Å²) in [6, 6.07) is 8.86. The van der Waals surface area contributed by atoms with Gasteiger partial charge in [0, 0.05) is 71.7 Å². The number of unbranched alkanes of at least 4 members (excludes halogenated alkanes) is 2. The van der Waals surface area contributed by atoms with Gasteiger partial charge in [-0.05, 0) is 91.8 Å². The van der Waals surface area contributed by atoms with Crippen molar-refractivity contribution in [3.63, 3.8) is 0 Å². The molecule has 4 N–H and O–H groups in total. The minimum atomic E-state index is -4.47. The van der Waals surface area contributed by atoms with Crippen molar-refractivity contribution in [2.75, 3.05) is 42.6 Å². The van der Waals surface area contributed by atoms with Crippen molar-refractivity contribution >= 4 is 49.3 Å². The molecule has 5 unspecified atom stereocenters. The molecule has 15 nitrogen and oxygen atoms in total. The van der Waals surface area contributed by atoms with Gasteiger partial charge in [-0.1, -0.05) is 79.2 Å². The standard InChI is InChI=1S/C49H65N3O12S2/c1-31-32(2)45-36(33(3)44(31)55)22-23-49(8,64-45)46(56)50-24-27-63-28-26-52-40-21-19-35(66(60,61)62)30-38(40)48(6,7)42(52)16-12-9-11-15-41-47(4,5)37-29-34(65(57,58)59)18-20-39(37)51(41)25-14-10-13-17-43(53)54/h9,11-12,15-16,18-21,29-33,42H,10,13-14,17,22-28H2,1-8H3,(H,50,56)(H,53,54)(H,57,58,59)(H,60,61,62). The highest BCUT2D eigenvalue weighted by Gasteiger charge is 2.47. The molecule has 2 aromatic rings. The molecule has 4 aliphatic rings. The monoisotopic (exact) mass is 951 g/mol. The molecule has 66 heavy (non-hydrogen) atoms. The molecular formula is C49H65N3O12S2. The van der Waals surface area contributed by atoms with Crippen LogP contribution in [0.15, 0.2) is 93.6 Å². The number of carbonyl (C=O) groups excluding carboxylic acids is 2. The summed E-state index contributed by atoms with van der Waals surface area (Å²) in [5.41, 5.74) is 2.61. The van der Waals surface area contributed by atoms with E-state index >= 15 is 0 Å². The Morgan fingerprint density at radius 1 is 0.848 bits per heavy atom. The van der Waals surface area contributed by atoms with Gasteiger partial charge in [0.15, 0.2) is 5.60 Å². The molecule has 360 valence electrons. The number of fused-ring (bicyclic) bond motifs is 2. The second-order valence-corrected chi connectivity index (χ2v) is 22.1. The average molecular weight is 952 g/mol. The highest BCUT2D eigenvalue weighted by atomic mass is 32.2. The van der Waals surface area contributed by atoms with Crippen LogP contribution < -0.4 is 15.1 Å². The van der Waals surface area contributed by atoms with Crippen molar-refractivity contribution in [2.24, 2.45) is 17.8 Å². The van der Waals surface area contributed by atoms with Crippen molar-refractivity contribution in [3.05, 3.63) is 94.9 Å². The van der Waals surface area contributed by atoms with Gasteiger partial charge in [-0.3, -0.25) is 23.5 Å². The third-order valence-corrected chi connectivity index (χ3v) is 15.8. The SMILES string of the molecule is CC1C(=O)C(C)C(C)C2=C1CCC(C)(C(=O)NCCOCCN1c3ccc(S(=O)(=O)O)cc3C(C)(C)C1C=CC=CC=C1N(CCCCCC(=O)O)c3ccc(S(=O)(=O)O)cc3C1(C)C)O2. The molecule has 1 amide bonds. The molecule has 17 heteroatoms. The van der Waals surface area contributed by atoms with Crippen LogP contribution in [-0.2, 0) is 54.9 Å². The number of nitrogens with zero attached hydrogens (tertiary/aromatic N) is 2. The highest BCUT2D eigenvalue weighted by molar-refractivity contribution is 7.86. The molecule has 0 fully saturated rings. The third-order valence-electron chi connectivity index (χ3n) is 14.1. The van der Waals surface area contributed by atoms with Gasteiger partial charge in [0.05, 0.1) is 29.0 Å². The number of amides is 1. The molecule has 0 aromatic heterocycles. The summed E-state index contributed by atoms with van der Waals surface area (Å²) in [5.74, 6) is -0.626. The Balaban J connectivity index is 1.15. The number of Topliss-reactive ketones (excluding diaryl/α,β-unsaturated/α-hetero) is 1. The zero-order valence-electron chi connectivity index (χ0n) is 39.2. The molecule has 3 aliphatic heterocycles. The van der Waals surface area contributed by atoms with Crippen LogP contribution in [0.2, 0.25) is 0 Å². The van der Waals surface area contributed by atoms with Gasteiger partial charge in [-0.2, -0.15) is 16.8 Å². The van der Waals surface area contributed by atoms with E-state index < -0.39 is 42.6 Å². The Hall–Kier alpha value is -4.81. The lowest BCUT2D eigenvalue weighted by Crippen LogP contribution is -2.51. The van der Waals surface area contributed by atoms with E-state index in [1.54, 1.807) is 19.1 Å². The van der Waals surface area contributed by atoms with E-state index in [1.165, 1.54) is 24.3 Å². The maximum absolute atomic E-state index is 13.5. The van der Waals surface area contributed by atoms with E-state index in [9.17, 15) is 40.3 Å². The predicted molar refractivity (Wildman–Crippen MR) is 252 cm³/mol. The normalized spacial score (nSPS) is 25.4. The van der Waals surface area contributed by atoms with E-state index in [2.05, 4.69) is 15.1 Å². The van der Waals surface area contributed by atoms with Crippen LogP contribution in [0.3, 0.4) is 0 Å². The average Bonchev–Trinajstić information content (AvgIpc) is 3.59. The molecule has 0 bridgehead atoms. The number of anilines is 2. The summed E-state index contributed by atoms with van der Waals surface area (Å²) in [6.45, 7) is 17.3. The zero-order valence-corrected chi connectivity index (χ0v) is 40.8. The molecule has 0 radical (unpaired) electrons. The fourth-order valence-corrected chi connectivity index (χ4v) is 11.0. The Kier molecular flexibility index (Phi) is 14.9. The van der Waals surface area contributed by atoms with Crippen molar-refractivity contribution in [2.45, 2.75) is 126 Å². The maximum Gasteiger partial charge on any atom is 0.303 e. The van der Waals surface area contributed by atoms with Crippen LogP contribution in [-0.4, -0.2) is 93.2 Å². The van der Waals surface area contributed by atoms with Crippen LogP contribution in [0, 0.1) is 17.8 Å². The molecule has 6 rings (SSSR count). The number of aliphatic carboxylic acids is 1. The molecular weight excluding hydrogens is 887 g/mol. The Morgan fingerprint density at radius 2 is 1.50 bits per heavy atom. The lowest BCUT2D eigenvalue weighted by atomic mass is 9.71. The van der Waals surface area contributed by atoms with Crippen LogP contribution in [0.5, 0.6) is 0 Å². The smallest absolute Gasteiger partial charge is 0.303 e. The van der Waals surface area contributed by atoms with Crippen molar-refractivity contribution < 1.29 is 54.9 Å². The lowest BCUT2D eigenvalue weighted by molar-refractivity contribution is -0.146. The third kappa shape index (κ3) is 10.3. The number of nitrogens with one attached hydrogen (secondary N) is 1. The Bertz CT molecular complexity index is 2580. The number of carboxylic acid groups (broad SMARTS) is 1. The molecule has 3 heterocycles. The van der Waals surface area contributed by atoms with Crippen LogP contribution in [0.1, 0.15) is 105 Å². The fraction of sp³-hybridized carbons (Fsp3) is 0.531.